The van der Waals surface area contributed by atoms with Gasteiger partial charge in [-0.3, -0.25) is 4.72 Å². The Kier molecular flexibility index (Phi) is 4.23. The highest BCUT2D eigenvalue weighted by molar-refractivity contribution is 7.94. The Morgan fingerprint density at radius 1 is 1.19 bits per heavy atom. The van der Waals surface area contributed by atoms with Gasteiger partial charge in [0.15, 0.2) is 0 Å². The summed E-state index contributed by atoms with van der Waals surface area (Å²) in [7, 11) is -4.06. The predicted molar refractivity (Wildman–Crippen MR) is 76.3 cm³/mol. The van der Waals surface area contributed by atoms with Crippen LogP contribution in [0.1, 0.15) is 10.4 Å². The van der Waals surface area contributed by atoms with Gasteiger partial charge < -0.3 is 0 Å². The molecule has 0 aliphatic carbocycles. The summed E-state index contributed by atoms with van der Waals surface area (Å²) in [4.78, 5) is 0.738. The number of hydrogen-bond donors (Lipinski definition) is 1. The molecule has 0 saturated heterocycles. The summed E-state index contributed by atoms with van der Waals surface area (Å²) < 4.78 is 64.8. The maximum absolute atomic E-state index is 12.9. The molecule has 2 rings (SSSR count). The van der Waals surface area contributed by atoms with Crippen molar-refractivity contribution in [2.75, 3.05) is 4.72 Å². The summed E-state index contributed by atoms with van der Waals surface area (Å²) in [6, 6.07) is 5.77. The molecule has 2 aromatic rings. The largest absolute Gasteiger partial charge is 0.418 e. The average molecular weight is 356 g/mol. The number of aryl methyl sites for hydroxylation is 1. The van der Waals surface area contributed by atoms with Crippen molar-refractivity contribution in [2.45, 2.75) is 17.3 Å². The van der Waals surface area contributed by atoms with Crippen LogP contribution in [0.5, 0.6) is 0 Å². The number of thiophene rings is 1. The van der Waals surface area contributed by atoms with Gasteiger partial charge in [-0.25, -0.2) is 8.42 Å². The van der Waals surface area contributed by atoms with E-state index in [4.69, 9.17) is 11.6 Å². The van der Waals surface area contributed by atoms with E-state index >= 15 is 0 Å². The van der Waals surface area contributed by atoms with Crippen LogP contribution in [-0.4, -0.2) is 8.42 Å². The van der Waals surface area contributed by atoms with Crippen molar-refractivity contribution in [3.8, 4) is 0 Å². The molecule has 1 N–H and O–H groups in total. The summed E-state index contributed by atoms with van der Waals surface area (Å²) in [6.45, 7) is 1.70. The summed E-state index contributed by atoms with van der Waals surface area (Å²) in [6.07, 6.45) is -4.71. The minimum atomic E-state index is -4.71. The molecule has 0 fully saturated rings. The van der Waals surface area contributed by atoms with Crippen molar-refractivity contribution < 1.29 is 21.6 Å². The highest BCUT2D eigenvalue weighted by Gasteiger charge is 2.35. The van der Waals surface area contributed by atoms with E-state index in [0.717, 1.165) is 22.3 Å². The van der Waals surface area contributed by atoms with Crippen LogP contribution in [0, 0.1) is 6.92 Å². The molecule has 21 heavy (non-hydrogen) atoms. The fourth-order valence-electron chi connectivity index (χ4n) is 1.59. The Bertz CT molecular complexity index is 769. The van der Waals surface area contributed by atoms with Gasteiger partial charge in [0.05, 0.1) is 11.3 Å². The lowest BCUT2D eigenvalue weighted by Gasteiger charge is -2.14. The zero-order chi connectivity index (χ0) is 15.8. The van der Waals surface area contributed by atoms with Crippen LogP contribution in [0.4, 0.5) is 18.9 Å². The van der Waals surface area contributed by atoms with Gasteiger partial charge in [-0.05, 0) is 37.3 Å². The molecule has 0 saturated carbocycles. The van der Waals surface area contributed by atoms with Crippen molar-refractivity contribution in [3.63, 3.8) is 0 Å². The normalized spacial score (nSPS) is 12.4. The van der Waals surface area contributed by atoms with Crippen LogP contribution in [0.25, 0.3) is 0 Å². The van der Waals surface area contributed by atoms with Gasteiger partial charge in [-0.15, -0.1) is 11.3 Å². The van der Waals surface area contributed by atoms with E-state index in [1.165, 1.54) is 12.1 Å². The first kappa shape index (κ1) is 16.1. The molecule has 1 aromatic carbocycles. The van der Waals surface area contributed by atoms with Crippen LogP contribution in [0.15, 0.2) is 34.5 Å². The molecule has 9 heteroatoms. The van der Waals surface area contributed by atoms with Gasteiger partial charge in [0, 0.05) is 9.90 Å². The Morgan fingerprint density at radius 2 is 1.86 bits per heavy atom. The lowest BCUT2D eigenvalue weighted by Crippen LogP contribution is -2.16. The van der Waals surface area contributed by atoms with Crippen molar-refractivity contribution in [3.05, 3.63) is 45.8 Å². The molecule has 0 amide bonds. The molecular weight excluding hydrogens is 347 g/mol. The quantitative estimate of drug-likeness (QED) is 0.879. The van der Waals surface area contributed by atoms with Crippen molar-refractivity contribution in [2.24, 2.45) is 0 Å². The lowest BCUT2D eigenvalue weighted by molar-refractivity contribution is -0.136. The summed E-state index contributed by atoms with van der Waals surface area (Å²) in [5, 5.41) is -0.128. The minimum absolute atomic E-state index is 0.0527. The molecular formula is C12H9ClF3NO2S2. The summed E-state index contributed by atoms with van der Waals surface area (Å²) in [5.74, 6) is 0. The monoisotopic (exact) mass is 355 g/mol. The highest BCUT2D eigenvalue weighted by atomic mass is 35.5. The Morgan fingerprint density at radius 3 is 2.38 bits per heavy atom. The molecule has 0 bridgehead atoms. The maximum atomic E-state index is 12.9. The van der Waals surface area contributed by atoms with E-state index in [-0.39, 0.29) is 9.23 Å². The second-order valence-corrected chi connectivity index (χ2v) is 7.79. The first-order chi connectivity index (χ1) is 9.59. The fraction of sp³-hybridized carbons (Fsp3) is 0.167. The zero-order valence-electron chi connectivity index (χ0n) is 10.5. The van der Waals surface area contributed by atoms with Crippen molar-refractivity contribution >= 4 is 38.6 Å². The van der Waals surface area contributed by atoms with Gasteiger partial charge in [0.25, 0.3) is 10.0 Å². The molecule has 0 aliphatic heterocycles. The third kappa shape index (κ3) is 3.69. The molecule has 0 atom stereocenters. The fourth-order valence-corrected chi connectivity index (χ4v) is 4.13. The maximum Gasteiger partial charge on any atom is 0.418 e. The topological polar surface area (TPSA) is 46.2 Å². The van der Waals surface area contributed by atoms with Crippen LogP contribution < -0.4 is 4.72 Å². The number of alkyl halides is 3. The first-order valence-electron chi connectivity index (χ1n) is 5.55. The number of sulfonamides is 1. The number of benzene rings is 1. The average Bonchev–Trinajstić information content (AvgIpc) is 2.77. The van der Waals surface area contributed by atoms with Crippen molar-refractivity contribution in [1.29, 1.82) is 0 Å². The molecule has 1 aromatic heterocycles. The molecule has 0 unspecified atom stereocenters. The number of nitrogens with one attached hydrogen (secondary N) is 1. The van der Waals surface area contributed by atoms with Crippen LogP contribution in [-0.2, 0) is 16.2 Å². The van der Waals surface area contributed by atoms with E-state index in [1.54, 1.807) is 13.0 Å². The summed E-state index contributed by atoms with van der Waals surface area (Å²) >= 11 is 6.51. The molecule has 3 nitrogen and oxygen atoms in total. The van der Waals surface area contributed by atoms with Gasteiger partial charge in [0.1, 0.15) is 4.21 Å². The Hall–Kier alpha value is -1.25. The van der Waals surface area contributed by atoms with Crippen molar-refractivity contribution in [1.82, 2.24) is 0 Å². The lowest BCUT2D eigenvalue weighted by atomic mass is 10.2. The number of halogens is 4. The predicted octanol–water partition coefficient (Wildman–Crippen LogP) is 4.53. The second kappa shape index (κ2) is 5.51. The smallest absolute Gasteiger partial charge is 0.278 e. The van der Waals surface area contributed by atoms with Crippen LogP contribution in [0.2, 0.25) is 5.02 Å². The molecule has 0 aliphatic rings. The number of hydrogen-bond acceptors (Lipinski definition) is 3. The zero-order valence-corrected chi connectivity index (χ0v) is 12.9. The highest BCUT2D eigenvalue weighted by Crippen LogP contribution is 2.37. The standard InChI is InChI=1S/C12H9ClF3NO2S2/c1-7-2-5-11(20-7)21(18,19)17-10-4-3-8(13)6-9(10)12(14,15)16/h2-6,17H,1H3. The first-order valence-corrected chi connectivity index (χ1v) is 8.23. The Labute approximate surface area is 128 Å². The second-order valence-electron chi connectivity index (χ2n) is 4.16. The van der Waals surface area contributed by atoms with E-state index in [0.29, 0.717) is 6.07 Å². The van der Waals surface area contributed by atoms with Gasteiger partial charge in [-0.2, -0.15) is 13.2 Å². The minimum Gasteiger partial charge on any atom is -0.278 e. The molecule has 1 heterocycles. The van der Waals surface area contributed by atoms with Crippen LogP contribution in [0.3, 0.4) is 0 Å². The van der Waals surface area contributed by atoms with Gasteiger partial charge in [-0.1, -0.05) is 11.6 Å². The number of anilines is 1. The summed E-state index contributed by atoms with van der Waals surface area (Å²) in [5.41, 5.74) is -1.69. The molecule has 114 valence electrons. The third-order valence-corrected chi connectivity index (χ3v) is 5.61. The van der Waals surface area contributed by atoms with E-state index < -0.39 is 27.5 Å². The molecule has 0 radical (unpaired) electrons. The molecule has 0 spiro atoms. The van der Waals surface area contributed by atoms with E-state index in [2.05, 4.69) is 0 Å². The van der Waals surface area contributed by atoms with E-state index in [1.807, 2.05) is 4.72 Å². The van der Waals surface area contributed by atoms with Gasteiger partial charge in [0.2, 0.25) is 0 Å². The van der Waals surface area contributed by atoms with Crippen LogP contribution >= 0.6 is 22.9 Å². The number of rotatable bonds is 3. The Balaban J connectivity index is 2.45. The SMILES string of the molecule is Cc1ccc(S(=O)(=O)Nc2ccc(Cl)cc2C(F)(F)F)s1. The van der Waals surface area contributed by atoms with Gasteiger partial charge >= 0.3 is 6.18 Å². The van der Waals surface area contributed by atoms with E-state index in [9.17, 15) is 21.6 Å². The third-order valence-electron chi connectivity index (χ3n) is 2.51.